The molecule has 0 saturated carbocycles. The second-order valence-electron chi connectivity index (χ2n) is 4.49. The van der Waals surface area contributed by atoms with Crippen LogP contribution in [0.2, 0.25) is 0 Å². The molecule has 16 heavy (non-hydrogen) atoms. The van der Waals surface area contributed by atoms with Crippen molar-refractivity contribution in [3.63, 3.8) is 0 Å². The zero-order valence-corrected chi connectivity index (χ0v) is 11.0. The highest BCUT2D eigenvalue weighted by Crippen LogP contribution is 2.10. The van der Waals surface area contributed by atoms with Crippen LogP contribution in [0.4, 0.5) is 0 Å². The zero-order chi connectivity index (χ0) is 12.0. The molecule has 0 bridgehead atoms. The summed E-state index contributed by atoms with van der Waals surface area (Å²) in [4.78, 5) is 0. The standard InChI is InChI=1S/C11H21N3OS/c1-11(2,15)9-16-7-6-12-8-10-4-5-13-14(10)3/h4-5,12,15H,6-9H2,1-3H3. The third-order valence-electron chi connectivity index (χ3n) is 2.11. The third kappa shape index (κ3) is 5.53. The van der Waals surface area contributed by atoms with E-state index in [2.05, 4.69) is 10.4 Å². The average molecular weight is 243 g/mol. The second kappa shape index (κ2) is 6.27. The van der Waals surface area contributed by atoms with Gasteiger partial charge in [0.25, 0.3) is 0 Å². The molecule has 0 aliphatic heterocycles. The lowest BCUT2D eigenvalue weighted by Crippen LogP contribution is -2.24. The number of aliphatic hydroxyl groups is 1. The van der Waals surface area contributed by atoms with Gasteiger partial charge in [0.1, 0.15) is 0 Å². The summed E-state index contributed by atoms with van der Waals surface area (Å²) in [6.45, 7) is 5.47. The molecule has 2 N–H and O–H groups in total. The predicted molar refractivity (Wildman–Crippen MR) is 68.5 cm³/mol. The number of aromatic nitrogens is 2. The Kier molecular flexibility index (Phi) is 5.31. The third-order valence-corrected chi connectivity index (χ3v) is 3.51. The zero-order valence-electron chi connectivity index (χ0n) is 10.2. The SMILES string of the molecule is Cn1nccc1CNCCSCC(C)(C)O. The van der Waals surface area contributed by atoms with Crippen LogP contribution in [0.1, 0.15) is 19.5 Å². The first-order chi connectivity index (χ1) is 7.49. The number of rotatable bonds is 7. The van der Waals surface area contributed by atoms with Gasteiger partial charge in [-0.2, -0.15) is 16.9 Å². The Morgan fingerprint density at radius 3 is 2.88 bits per heavy atom. The van der Waals surface area contributed by atoms with Crippen LogP contribution in [0.5, 0.6) is 0 Å². The van der Waals surface area contributed by atoms with E-state index < -0.39 is 5.60 Å². The first-order valence-electron chi connectivity index (χ1n) is 5.47. The maximum Gasteiger partial charge on any atom is 0.0681 e. The largest absolute Gasteiger partial charge is 0.390 e. The lowest BCUT2D eigenvalue weighted by molar-refractivity contribution is 0.107. The van der Waals surface area contributed by atoms with Gasteiger partial charge in [0.05, 0.1) is 11.3 Å². The minimum Gasteiger partial charge on any atom is -0.390 e. The smallest absolute Gasteiger partial charge is 0.0681 e. The van der Waals surface area contributed by atoms with Gasteiger partial charge >= 0.3 is 0 Å². The summed E-state index contributed by atoms with van der Waals surface area (Å²) in [7, 11) is 1.94. The van der Waals surface area contributed by atoms with Crippen LogP contribution >= 0.6 is 11.8 Å². The van der Waals surface area contributed by atoms with Crippen molar-refractivity contribution in [3.05, 3.63) is 18.0 Å². The van der Waals surface area contributed by atoms with Crippen molar-refractivity contribution in [2.45, 2.75) is 26.0 Å². The highest BCUT2D eigenvalue weighted by Gasteiger charge is 2.11. The van der Waals surface area contributed by atoms with Crippen molar-refractivity contribution in [1.82, 2.24) is 15.1 Å². The quantitative estimate of drug-likeness (QED) is 0.702. The topological polar surface area (TPSA) is 50.1 Å². The van der Waals surface area contributed by atoms with Crippen molar-refractivity contribution in [2.75, 3.05) is 18.1 Å². The minimum absolute atomic E-state index is 0.563. The van der Waals surface area contributed by atoms with Crippen LogP contribution in [-0.4, -0.2) is 38.5 Å². The highest BCUT2D eigenvalue weighted by molar-refractivity contribution is 7.99. The summed E-state index contributed by atoms with van der Waals surface area (Å²) >= 11 is 1.77. The van der Waals surface area contributed by atoms with E-state index in [1.807, 2.05) is 31.6 Å². The molecule has 1 rings (SSSR count). The van der Waals surface area contributed by atoms with Crippen LogP contribution in [0.25, 0.3) is 0 Å². The van der Waals surface area contributed by atoms with E-state index >= 15 is 0 Å². The van der Waals surface area contributed by atoms with Crippen molar-refractivity contribution >= 4 is 11.8 Å². The Balaban J connectivity index is 2.03. The number of hydrogen-bond acceptors (Lipinski definition) is 4. The molecule has 0 aromatic carbocycles. The van der Waals surface area contributed by atoms with Crippen molar-refractivity contribution in [2.24, 2.45) is 7.05 Å². The molecule has 0 fully saturated rings. The summed E-state index contributed by atoms with van der Waals surface area (Å²) in [6, 6.07) is 2.01. The van der Waals surface area contributed by atoms with Crippen LogP contribution in [0.15, 0.2) is 12.3 Å². The van der Waals surface area contributed by atoms with Gasteiger partial charge in [0.15, 0.2) is 0 Å². The first kappa shape index (κ1) is 13.5. The van der Waals surface area contributed by atoms with E-state index in [4.69, 9.17) is 0 Å². The predicted octanol–water partition coefficient (Wildman–Crippen LogP) is 1.01. The Morgan fingerprint density at radius 1 is 1.56 bits per heavy atom. The van der Waals surface area contributed by atoms with Crippen LogP contribution in [0.3, 0.4) is 0 Å². The Labute approximate surface area is 101 Å². The van der Waals surface area contributed by atoms with E-state index in [9.17, 15) is 5.11 Å². The summed E-state index contributed by atoms with van der Waals surface area (Å²) in [6.07, 6.45) is 1.81. The maximum atomic E-state index is 9.51. The molecule has 4 nitrogen and oxygen atoms in total. The molecule has 0 amide bonds. The fourth-order valence-corrected chi connectivity index (χ4v) is 2.19. The van der Waals surface area contributed by atoms with Crippen molar-refractivity contribution < 1.29 is 5.11 Å². The Hall–Kier alpha value is -0.520. The van der Waals surface area contributed by atoms with Gasteiger partial charge in [-0.3, -0.25) is 4.68 Å². The van der Waals surface area contributed by atoms with Gasteiger partial charge in [-0.05, 0) is 19.9 Å². The second-order valence-corrected chi connectivity index (χ2v) is 5.59. The summed E-state index contributed by atoms with van der Waals surface area (Å²) in [5.41, 5.74) is 0.625. The molecule has 0 unspecified atom stereocenters. The lowest BCUT2D eigenvalue weighted by atomic mass is 10.2. The summed E-state index contributed by atoms with van der Waals surface area (Å²) in [5.74, 6) is 1.79. The molecule has 5 heteroatoms. The fraction of sp³-hybridized carbons (Fsp3) is 0.727. The number of nitrogens with zero attached hydrogens (tertiary/aromatic N) is 2. The van der Waals surface area contributed by atoms with Gasteiger partial charge in [0.2, 0.25) is 0 Å². The van der Waals surface area contributed by atoms with Crippen LogP contribution in [0, 0.1) is 0 Å². The van der Waals surface area contributed by atoms with Crippen molar-refractivity contribution in [1.29, 1.82) is 0 Å². The van der Waals surface area contributed by atoms with Crippen LogP contribution < -0.4 is 5.32 Å². The molecule has 0 atom stereocenters. The van der Waals surface area contributed by atoms with E-state index in [-0.39, 0.29) is 0 Å². The minimum atomic E-state index is -0.563. The van der Waals surface area contributed by atoms with Crippen LogP contribution in [-0.2, 0) is 13.6 Å². The molecule has 1 aromatic rings. The monoisotopic (exact) mass is 243 g/mol. The Bertz CT molecular complexity index is 306. The summed E-state index contributed by atoms with van der Waals surface area (Å²) < 4.78 is 1.87. The molecular formula is C11H21N3OS. The van der Waals surface area contributed by atoms with E-state index in [1.54, 1.807) is 18.0 Å². The molecule has 0 spiro atoms. The average Bonchev–Trinajstić information content (AvgIpc) is 2.56. The van der Waals surface area contributed by atoms with Gasteiger partial charge in [-0.25, -0.2) is 0 Å². The lowest BCUT2D eigenvalue weighted by Gasteiger charge is -2.16. The molecule has 92 valence electrons. The Morgan fingerprint density at radius 2 is 2.31 bits per heavy atom. The number of thioether (sulfide) groups is 1. The number of nitrogens with one attached hydrogen (secondary N) is 1. The maximum absolute atomic E-state index is 9.51. The highest BCUT2D eigenvalue weighted by atomic mass is 32.2. The van der Waals surface area contributed by atoms with E-state index in [1.165, 1.54) is 5.69 Å². The molecule has 0 aliphatic rings. The normalized spacial score (nSPS) is 12.0. The summed E-state index contributed by atoms with van der Waals surface area (Å²) in [5, 5.41) is 17.0. The fourth-order valence-electron chi connectivity index (χ4n) is 1.26. The van der Waals surface area contributed by atoms with Gasteiger partial charge < -0.3 is 10.4 Å². The van der Waals surface area contributed by atoms with Gasteiger partial charge in [-0.1, -0.05) is 0 Å². The molecule has 1 heterocycles. The first-order valence-corrected chi connectivity index (χ1v) is 6.62. The van der Waals surface area contributed by atoms with Crippen molar-refractivity contribution in [3.8, 4) is 0 Å². The molecule has 0 radical (unpaired) electrons. The molecule has 0 aliphatic carbocycles. The molecule has 1 aromatic heterocycles. The molecular weight excluding hydrogens is 222 g/mol. The van der Waals surface area contributed by atoms with Gasteiger partial charge in [-0.15, -0.1) is 0 Å². The number of hydrogen-bond donors (Lipinski definition) is 2. The number of aryl methyl sites for hydroxylation is 1. The van der Waals surface area contributed by atoms with E-state index in [0.717, 1.165) is 24.6 Å². The van der Waals surface area contributed by atoms with E-state index in [0.29, 0.717) is 0 Å². The molecule has 0 saturated heterocycles. The van der Waals surface area contributed by atoms with Gasteiger partial charge in [0, 0.05) is 37.8 Å².